The fourth-order valence-electron chi connectivity index (χ4n) is 3.38. The summed E-state index contributed by atoms with van der Waals surface area (Å²) in [7, 11) is 0. The van der Waals surface area contributed by atoms with Gasteiger partial charge in [0.25, 0.3) is 5.56 Å². The molecule has 0 aliphatic rings. The van der Waals surface area contributed by atoms with Crippen LogP contribution in [0, 0.1) is 12.7 Å². The predicted molar refractivity (Wildman–Crippen MR) is 115 cm³/mol. The van der Waals surface area contributed by atoms with Gasteiger partial charge in [0.05, 0.1) is 28.8 Å². The van der Waals surface area contributed by atoms with Crippen LogP contribution in [0.15, 0.2) is 76.4 Å². The van der Waals surface area contributed by atoms with E-state index in [1.807, 2.05) is 0 Å². The van der Waals surface area contributed by atoms with Crippen molar-refractivity contribution in [3.05, 3.63) is 105 Å². The van der Waals surface area contributed by atoms with E-state index >= 15 is 0 Å². The van der Waals surface area contributed by atoms with E-state index in [1.165, 1.54) is 28.8 Å². The van der Waals surface area contributed by atoms with Gasteiger partial charge in [0.1, 0.15) is 12.4 Å². The van der Waals surface area contributed by atoms with Crippen LogP contribution in [0.2, 0.25) is 0 Å². The lowest BCUT2D eigenvalue weighted by molar-refractivity contribution is -0.121. The Balaban J connectivity index is 1.81. The van der Waals surface area contributed by atoms with Gasteiger partial charge >= 0.3 is 5.69 Å². The van der Waals surface area contributed by atoms with Crippen molar-refractivity contribution in [1.82, 2.24) is 19.4 Å². The first kappa shape index (κ1) is 20.2. The Morgan fingerprint density at radius 3 is 2.58 bits per heavy atom. The van der Waals surface area contributed by atoms with Gasteiger partial charge in [-0.05, 0) is 43.3 Å². The van der Waals surface area contributed by atoms with Crippen LogP contribution in [0.3, 0.4) is 0 Å². The zero-order chi connectivity index (χ0) is 22.0. The molecule has 0 unspecified atom stereocenters. The lowest BCUT2D eigenvalue weighted by Crippen LogP contribution is -2.42. The number of nitrogens with zero attached hydrogens (tertiary/aromatic N) is 3. The highest BCUT2D eigenvalue weighted by Crippen LogP contribution is 2.14. The number of carbonyl (C=O) groups is 1. The van der Waals surface area contributed by atoms with Gasteiger partial charge in [0.2, 0.25) is 5.91 Å². The molecule has 0 saturated carbocycles. The normalized spacial score (nSPS) is 10.9. The van der Waals surface area contributed by atoms with Crippen molar-refractivity contribution < 1.29 is 9.18 Å². The Bertz CT molecular complexity index is 1390. The van der Waals surface area contributed by atoms with Crippen LogP contribution in [0.4, 0.5) is 4.39 Å². The summed E-state index contributed by atoms with van der Waals surface area (Å²) in [6.07, 6.45) is 1.62. The number of benzene rings is 2. The smallest absolute Gasteiger partial charge is 0.336 e. The highest BCUT2D eigenvalue weighted by molar-refractivity contribution is 5.82. The molecule has 2 heterocycles. The second-order valence-corrected chi connectivity index (χ2v) is 7.08. The second-order valence-electron chi connectivity index (χ2n) is 7.08. The van der Waals surface area contributed by atoms with E-state index in [1.54, 1.807) is 49.5 Å². The van der Waals surface area contributed by atoms with Gasteiger partial charge in [0, 0.05) is 6.20 Å². The Morgan fingerprint density at radius 2 is 1.84 bits per heavy atom. The number of amides is 1. The van der Waals surface area contributed by atoms with Gasteiger partial charge in [0.15, 0.2) is 0 Å². The molecule has 0 bridgehead atoms. The van der Waals surface area contributed by atoms with Gasteiger partial charge in [-0.25, -0.2) is 13.8 Å². The molecular formula is C23H19FN4O3. The molecule has 0 atom stereocenters. The zero-order valence-corrected chi connectivity index (χ0v) is 16.7. The first-order valence-corrected chi connectivity index (χ1v) is 9.63. The summed E-state index contributed by atoms with van der Waals surface area (Å²) in [6, 6.07) is 15.9. The second kappa shape index (κ2) is 8.35. The van der Waals surface area contributed by atoms with Gasteiger partial charge in [-0.2, -0.15) is 0 Å². The monoisotopic (exact) mass is 418 g/mol. The van der Waals surface area contributed by atoms with Crippen LogP contribution in [0.5, 0.6) is 0 Å². The Morgan fingerprint density at radius 1 is 1.06 bits per heavy atom. The Kier molecular flexibility index (Phi) is 5.44. The van der Waals surface area contributed by atoms with Crippen molar-refractivity contribution in [2.75, 3.05) is 0 Å². The summed E-state index contributed by atoms with van der Waals surface area (Å²) in [5.41, 5.74) is 0.178. The van der Waals surface area contributed by atoms with E-state index in [0.717, 1.165) is 10.1 Å². The maximum absolute atomic E-state index is 14.4. The topological polar surface area (TPSA) is 86.0 Å². The van der Waals surface area contributed by atoms with E-state index in [2.05, 4.69) is 10.3 Å². The summed E-state index contributed by atoms with van der Waals surface area (Å²) < 4.78 is 16.4. The number of para-hydroxylation sites is 1. The number of aryl methyl sites for hydroxylation is 1. The molecule has 2 aromatic heterocycles. The van der Waals surface area contributed by atoms with E-state index in [9.17, 15) is 18.8 Å². The van der Waals surface area contributed by atoms with Crippen LogP contribution in [-0.4, -0.2) is 20.0 Å². The molecule has 4 aromatic rings. The number of carbonyl (C=O) groups excluding carboxylic acids is 1. The standard InChI is InChI=1S/C23H19FN4O3/c1-15-9-10-19-17(12-15)22(30)28(20-8-3-2-7-18(20)24)23(31)27(19)14-21(29)26-13-16-6-4-5-11-25-16/h2-12H,13-14H2,1H3,(H,26,29). The van der Waals surface area contributed by atoms with Crippen LogP contribution < -0.4 is 16.6 Å². The number of aromatic nitrogens is 3. The maximum Gasteiger partial charge on any atom is 0.336 e. The molecule has 4 rings (SSSR count). The van der Waals surface area contributed by atoms with E-state index < -0.39 is 23.0 Å². The molecule has 2 aromatic carbocycles. The molecule has 0 radical (unpaired) electrons. The number of rotatable bonds is 5. The number of nitrogens with one attached hydrogen (secondary N) is 1. The molecule has 0 aliphatic carbocycles. The molecule has 8 heteroatoms. The molecule has 7 nitrogen and oxygen atoms in total. The van der Waals surface area contributed by atoms with Crippen molar-refractivity contribution in [2.45, 2.75) is 20.0 Å². The maximum atomic E-state index is 14.4. The number of hydrogen-bond donors (Lipinski definition) is 1. The van der Waals surface area contributed by atoms with Crippen molar-refractivity contribution in [3.63, 3.8) is 0 Å². The minimum Gasteiger partial charge on any atom is -0.349 e. The Labute approximate surface area is 176 Å². The average Bonchev–Trinajstić information content (AvgIpc) is 2.77. The van der Waals surface area contributed by atoms with Crippen molar-refractivity contribution in [2.24, 2.45) is 0 Å². The quantitative estimate of drug-likeness (QED) is 0.539. The molecule has 0 aliphatic heterocycles. The fraction of sp³-hybridized carbons (Fsp3) is 0.130. The van der Waals surface area contributed by atoms with Crippen LogP contribution in [0.1, 0.15) is 11.3 Å². The minimum atomic E-state index is -0.792. The summed E-state index contributed by atoms with van der Waals surface area (Å²) in [5.74, 6) is -1.15. The minimum absolute atomic E-state index is 0.163. The van der Waals surface area contributed by atoms with Crippen LogP contribution in [0.25, 0.3) is 16.6 Å². The summed E-state index contributed by atoms with van der Waals surface area (Å²) in [5, 5.41) is 2.94. The highest BCUT2D eigenvalue weighted by Gasteiger charge is 2.18. The van der Waals surface area contributed by atoms with Crippen molar-refractivity contribution >= 4 is 16.8 Å². The van der Waals surface area contributed by atoms with E-state index in [-0.39, 0.29) is 24.2 Å². The fourth-order valence-corrected chi connectivity index (χ4v) is 3.38. The van der Waals surface area contributed by atoms with Crippen LogP contribution in [-0.2, 0) is 17.9 Å². The van der Waals surface area contributed by atoms with Gasteiger partial charge in [-0.1, -0.05) is 29.8 Å². The van der Waals surface area contributed by atoms with Gasteiger partial charge in [-0.15, -0.1) is 0 Å². The summed E-state index contributed by atoms with van der Waals surface area (Å²) in [4.78, 5) is 43.0. The average molecular weight is 418 g/mol. The Hall–Kier alpha value is -4.07. The number of pyridine rings is 1. The number of fused-ring (bicyclic) bond motifs is 1. The third-order valence-electron chi connectivity index (χ3n) is 4.89. The molecular weight excluding hydrogens is 399 g/mol. The van der Waals surface area contributed by atoms with Crippen LogP contribution >= 0.6 is 0 Å². The lowest BCUT2D eigenvalue weighted by atomic mass is 10.1. The van der Waals surface area contributed by atoms with Crippen molar-refractivity contribution in [3.8, 4) is 5.69 Å². The molecule has 31 heavy (non-hydrogen) atoms. The van der Waals surface area contributed by atoms with Gasteiger partial charge in [-0.3, -0.25) is 19.1 Å². The molecule has 156 valence electrons. The molecule has 0 spiro atoms. The molecule has 0 fully saturated rings. The molecule has 0 saturated heterocycles. The summed E-state index contributed by atoms with van der Waals surface area (Å²) >= 11 is 0. The van der Waals surface area contributed by atoms with E-state index in [0.29, 0.717) is 11.2 Å². The van der Waals surface area contributed by atoms with Crippen molar-refractivity contribution in [1.29, 1.82) is 0 Å². The molecule has 1 amide bonds. The summed E-state index contributed by atoms with van der Waals surface area (Å²) in [6.45, 7) is 1.67. The predicted octanol–water partition coefficient (Wildman–Crippen LogP) is 2.31. The lowest BCUT2D eigenvalue weighted by Gasteiger charge is -2.15. The highest BCUT2D eigenvalue weighted by atomic mass is 19.1. The first-order chi connectivity index (χ1) is 15.0. The van der Waals surface area contributed by atoms with Gasteiger partial charge < -0.3 is 5.32 Å². The largest absolute Gasteiger partial charge is 0.349 e. The van der Waals surface area contributed by atoms with E-state index in [4.69, 9.17) is 0 Å². The zero-order valence-electron chi connectivity index (χ0n) is 16.7. The SMILES string of the molecule is Cc1ccc2c(c1)c(=O)n(-c1ccccc1F)c(=O)n2CC(=O)NCc1ccccn1. The third-order valence-corrected chi connectivity index (χ3v) is 4.89. The third kappa shape index (κ3) is 4.00. The first-order valence-electron chi connectivity index (χ1n) is 9.63. The number of hydrogen-bond acceptors (Lipinski definition) is 4. The number of halogens is 1. The molecule has 1 N–H and O–H groups in total.